The van der Waals surface area contributed by atoms with Crippen molar-refractivity contribution in [3.05, 3.63) is 133 Å². The maximum atomic E-state index is 5.00. The molecule has 4 aromatic heterocycles. The minimum Gasteiger partial charge on any atom is -0.256 e. The highest BCUT2D eigenvalue weighted by Crippen LogP contribution is 2.44. The van der Waals surface area contributed by atoms with Crippen LogP contribution >= 0.6 is 0 Å². The molecule has 4 heterocycles. The molecule has 202 valence electrons. The van der Waals surface area contributed by atoms with Crippen molar-refractivity contribution in [1.29, 1.82) is 0 Å². The summed E-state index contributed by atoms with van der Waals surface area (Å²) in [6.45, 7) is 6.77. The first-order valence-corrected chi connectivity index (χ1v) is 14.2. The first kappa shape index (κ1) is 25.7. The summed E-state index contributed by atoms with van der Waals surface area (Å²) in [4.78, 5) is 19.0. The van der Waals surface area contributed by atoms with Crippen LogP contribution < -0.4 is 0 Å². The molecule has 7 rings (SSSR count). The molecule has 4 nitrogen and oxygen atoms in total. The molecular formula is C38H30N4. The van der Waals surface area contributed by atoms with Gasteiger partial charge in [0.2, 0.25) is 0 Å². The summed E-state index contributed by atoms with van der Waals surface area (Å²) >= 11 is 0. The molecule has 0 aliphatic rings. The number of pyridine rings is 4. The van der Waals surface area contributed by atoms with Gasteiger partial charge in [0, 0.05) is 47.0 Å². The third-order valence-corrected chi connectivity index (χ3v) is 7.85. The van der Waals surface area contributed by atoms with Gasteiger partial charge in [0.1, 0.15) is 0 Å². The van der Waals surface area contributed by atoms with Crippen LogP contribution in [-0.4, -0.2) is 19.9 Å². The van der Waals surface area contributed by atoms with Gasteiger partial charge in [-0.1, -0.05) is 69.3 Å². The van der Waals surface area contributed by atoms with Crippen molar-refractivity contribution in [2.45, 2.75) is 26.2 Å². The van der Waals surface area contributed by atoms with E-state index in [0.717, 1.165) is 61.2 Å². The average Bonchev–Trinajstić information content (AvgIpc) is 3.04. The van der Waals surface area contributed by atoms with E-state index >= 15 is 0 Å². The van der Waals surface area contributed by atoms with Crippen molar-refractivity contribution in [2.75, 3.05) is 0 Å². The molecule has 0 saturated carbocycles. The number of benzene rings is 3. The van der Waals surface area contributed by atoms with Crippen LogP contribution in [0.4, 0.5) is 0 Å². The largest absolute Gasteiger partial charge is 0.256 e. The second-order valence-corrected chi connectivity index (χ2v) is 11.6. The minimum absolute atomic E-state index is 0.00385. The van der Waals surface area contributed by atoms with E-state index in [9.17, 15) is 0 Å². The molecule has 4 heteroatoms. The standard InChI is InChI=1S/C38H30N4/c1-38(2,3)27-16-17-30-31(22-27)37(35-19-15-26(24-42-35)33-13-7-9-21-40-33)29-11-5-4-10-28(29)36(30)34-18-14-25(23-41-34)32-12-6-8-20-39-32/h4-24H,1-3H3. The highest BCUT2D eigenvalue weighted by Gasteiger charge is 2.21. The highest BCUT2D eigenvalue weighted by atomic mass is 14.7. The van der Waals surface area contributed by atoms with Crippen LogP contribution in [0.25, 0.3) is 66.6 Å². The second-order valence-electron chi connectivity index (χ2n) is 11.6. The monoisotopic (exact) mass is 542 g/mol. The molecule has 0 N–H and O–H groups in total. The van der Waals surface area contributed by atoms with Crippen LogP contribution in [0.3, 0.4) is 0 Å². The maximum absolute atomic E-state index is 5.00. The first-order valence-electron chi connectivity index (χ1n) is 14.2. The zero-order valence-electron chi connectivity index (χ0n) is 23.9. The lowest BCUT2D eigenvalue weighted by Gasteiger charge is -2.22. The van der Waals surface area contributed by atoms with Gasteiger partial charge in [0.05, 0.1) is 22.8 Å². The molecule has 3 aromatic carbocycles. The average molecular weight is 543 g/mol. The Hall–Kier alpha value is -5.22. The topological polar surface area (TPSA) is 51.6 Å². The number of hydrogen-bond acceptors (Lipinski definition) is 4. The third-order valence-electron chi connectivity index (χ3n) is 7.85. The Labute approximate surface area is 245 Å². The van der Waals surface area contributed by atoms with Gasteiger partial charge in [-0.15, -0.1) is 0 Å². The number of fused-ring (bicyclic) bond motifs is 2. The van der Waals surface area contributed by atoms with Crippen LogP contribution in [0.15, 0.2) is 128 Å². The van der Waals surface area contributed by atoms with Crippen LogP contribution in [0, 0.1) is 0 Å². The molecule has 0 spiro atoms. The predicted molar refractivity (Wildman–Crippen MR) is 173 cm³/mol. The van der Waals surface area contributed by atoms with Gasteiger partial charge in [-0.05, 0) is 87.1 Å². The number of nitrogens with zero attached hydrogens (tertiary/aromatic N) is 4. The summed E-state index contributed by atoms with van der Waals surface area (Å²) in [7, 11) is 0. The summed E-state index contributed by atoms with van der Waals surface area (Å²) in [5, 5.41) is 4.63. The number of aromatic nitrogens is 4. The van der Waals surface area contributed by atoms with Crippen molar-refractivity contribution in [3.8, 4) is 45.0 Å². The second kappa shape index (κ2) is 10.3. The molecule has 0 aliphatic carbocycles. The fourth-order valence-corrected chi connectivity index (χ4v) is 5.65. The Kier molecular flexibility index (Phi) is 6.32. The van der Waals surface area contributed by atoms with E-state index in [-0.39, 0.29) is 5.41 Å². The van der Waals surface area contributed by atoms with Crippen molar-refractivity contribution in [1.82, 2.24) is 19.9 Å². The Morgan fingerprint density at radius 2 is 0.929 bits per heavy atom. The van der Waals surface area contributed by atoms with E-state index in [1.807, 2.05) is 61.2 Å². The quantitative estimate of drug-likeness (QED) is 0.208. The molecule has 0 fully saturated rings. The van der Waals surface area contributed by atoms with Gasteiger partial charge in [0.25, 0.3) is 0 Å². The lowest BCUT2D eigenvalue weighted by molar-refractivity contribution is 0.591. The van der Waals surface area contributed by atoms with Crippen LogP contribution in [-0.2, 0) is 5.41 Å². The molecular weight excluding hydrogens is 512 g/mol. The Balaban J connectivity index is 1.48. The zero-order chi connectivity index (χ0) is 28.7. The van der Waals surface area contributed by atoms with Gasteiger partial charge < -0.3 is 0 Å². The lowest BCUT2D eigenvalue weighted by atomic mass is 9.82. The van der Waals surface area contributed by atoms with Crippen molar-refractivity contribution in [2.24, 2.45) is 0 Å². The van der Waals surface area contributed by atoms with Gasteiger partial charge in [-0.25, -0.2) is 0 Å². The van der Waals surface area contributed by atoms with E-state index in [2.05, 4.69) is 97.5 Å². The SMILES string of the molecule is CC(C)(C)c1ccc2c(-c3ccc(-c4ccccn4)cn3)c3ccccc3c(-c3ccc(-c4ccccn4)cn3)c2c1. The van der Waals surface area contributed by atoms with Crippen molar-refractivity contribution < 1.29 is 0 Å². The highest BCUT2D eigenvalue weighted by molar-refractivity contribution is 6.20. The van der Waals surface area contributed by atoms with Gasteiger partial charge in [-0.3, -0.25) is 19.9 Å². The Morgan fingerprint density at radius 3 is 1.38 bits per heavy atom. The molecule has 42 heavy (non-hydrogen) atoms. The Morgan fingerprint density at radius 1 is 0.429 bits per heavy atom. The summed E-state index contributed by atoms with van der Waals surface area (Å²) in [6.07, 6.45) is 7.48. The van der Waals surface area contributed by atoms with Gasteiger partial charge in [0.15, 0.2) is 0 Å². The van der Waals surface area contributed by atoms with Crippen LogP contribution in [0.2, 0.25) is 0 Å². The molecule has 0 aliphatic heterocycles. The van der Waals surface area contributed by atoms with E-state index in [1.165, 1.54) is 10.9 Å². The molecule has 0 amide bonds. The van der Waals surface area contributed by atoms with E-state index < -0.39 is 0 Å². The summed E-state index contributed by atoms with van der Waals surface area (Å²) < 4.78 is 0. The summed E-state index contributed by atoms with van der Waals surface area (Å²) in [5.41, 5.74) is 9.23. The van der Waals surface area contributed by atoms with E-state index in [0.29, 0.717) is 0 Å². The van der Waals surface area contributed by atoms with Crippen molar-refractivity contribution in [3.63, 3.8) is 0 Å². The lowest BCUT2D eigenvalue weighted by Crippen LogP contribution is -2.10. The zero-order valence-corrected chi connectivity index (χ0v) is 23.9. The van der Waals surface area contributed by atoms with E-state index in [4.69, 9.17) is 9.97 Å². The smallest absolute Gasteiger partial charge is 0.0717 e. The van der Waals surface area contributed by atoms with Crippen molar-refractivity contribution >= 4 is 21.5 Å². The molecule has 0 saturated heterocycles. The number of hydrogen-bond donors (Lipinski definition) is 0. The van der Waals surface area contributed by atoms with Crippen LogP contribution in [0.1, 0.15) is 26.3 Å². The minimum atomic E-state index is -0.00385. The fourth-order valence-electron chi connectivity index (χ4n) is 5.65. The van der Waals surface area contributed by atoms with Crippen LogP contribution in [0.5, 0.6) is 0 Å². The predicted octanol–water partition coefficient (Wildman–Crippen LogP) is 9.54. The molecule has 0 unspecified atom stereocenters. The van der Waals surface area contributed by atoms with E-state index in [1.54, 1.807) is 0 Å². The summed E-state index contributed by atoms with van der Waals surface area (Å²) in [6, 6.07) is 35.8. The molecule has 7 aromatic rings. The Bertz CT molecular complexity index is 2030. The first-order chi connectivity index (χ1) is 20.5. The fraction of sp³-hybridized carbons (Fsp3) is 0.105. The van der Waals surface area contributed by atoms with Gasteiger partial charge in [-0.2, -0.15) is 0 Å². The molecule has 0 bridgehead atoms. The molecule has 0 radical (unpaired) electrons. The summed E-state index contributed by atoms with van der Waals surface area (Å²) in [5.74, 6) is 0. The maximum Gasteiger partial charge on any atom is 0.0717 e. The number of rotatable bonds is 4. The van der Waals surface area contributed by atoms with Gasteiger partial charge >= 0.3 is 0 Å². The normalized spacial score (nSPS) is 11.7. The molecule has 0 atom stereocenters. The third kappa shape index (κ3) is 4.61.